The minimum atomic E-state index is -0.226. The van der Waals surface area contributed by atoms with Crippen molar-refractivity contribution in [3.05, 3.63) is 11.1 Å². The fourth-order valence-electron chi connectivity index (χ4n) is 0.945. The molecule has 0 aliphatic carbocycles. The minimum Gasteiger partial charge on any atom is -0.395 e. The lowest BCUT2D eigenvalue weighted by atomic mass is 10.4. The third-order valence-corrected chi connectivity index (χ3v) is 2.47. The summed E-state index contributed by atoms with van der Waals surface area (Å²) < 4.78 is 4.96. The largest absolute Gasteiger partial charge is 0.395 e. The maximum Gasteiger partial charge on any atom is 0.252 e. The van der Waals surface area contributed by atoms with E-state index in [9.17, 15) is 4.79 Å². The standard InChI is InChI=1S/C11H14N2O3S/c1-2-16-8-10(15)13-11-12-7-9(17-11)5-3-4-6-14/h7,14H,2,4,6,8H2,1H3,(H,12,13,15). The molecule has 0 saturated carbocycles. The molecule has 0 aromatic carbocycles. The Bertz CT molecular complexity index is 420. The van der Waals surface area contributed by atoms with Crippen LogP contribution < -0.4 is 5.32 Å². The van der Waals surface area contributed by atoms with Crippen molar-refractivity contribution in [2.45, 2.75) is 13.3 Å². The zero-order chi connectivity index (χ0) is 12.5. The van der Waals surface area contributed by atoms with Gasteiger partial charge in [-0.15, -0.1) is 0 Å². The lowest BCUT2D eigenvalue weighted by Gasteiger charge is -2.00. The number of hydrogen-bond acceptors (Lipinski definition) is 5. The maximum absolute atomic E-state index is 11.3. The van der Waals surface area contributed by atoms with Gasteiger partial charge in [-0.25, -0.2) is 4.98 Å². The molecule has 0 spiro atoms. The van der Waals surface area contributed by atoms with Crippen molar-refractivity contribution in [3.63, 3.8) is 0 Å². The minimum absolute atomic E-state index is 0.0294. The van der Waals surface area contributed by atoms with Crippen molar-refractivity contribution in [2.75, 3.05) is 25.1 Å². The van der Waals surface area contributed by atoms with Crippen LogP contribution in [0.2, 0.25) is 0 Å². The molecule has 1 rings (SSSR count). The molecule has 0 aliphatic rings. The Morgan fingerprint density at radius 2 is 2.53 bits per heavy atom. The summed E-state index contributed by atoms with van der Waals surface area (Å²) in [5.41, 5.74) is 0. The number of aromatic nitrogens is 1. The molecule has 1 aromatic rings. The summed E-state index contributed by atoms with van der Waals surface area (Å²) >= 11 is 1.29. The summed E-state index contributed by atoms with van der Waals surface area (Å²) in [4.78, 5) is 16.1. The Labute approximate surface area is 104 Å². The highest BCUT2D eigenvalue weighted by atomic mass is 32.1. The number of anilines is 1. The second-order valence-electron chi connectivity index (χ2n) is 2.99. The van der Waals surface area contributed by atoms with Crippen LogP contribution in [0.15, 0.2) is 6.20 Å². The average Bonchev–Trinajstić information content (AvgIpc) is 2.74. The molecule has 0 unspecified atom stereocenters. The van der Waals surface area contributed by atoms with E-state index in [1.165, 1.54) is 11.3 Å². The topological polar surface area (TPSA) is 71.5 Å². The third-order valence-electron chi connectivity index (χ3n) is 1.64. The van der Waals surface area contributed by atoms with Gasteiger partial charge in [0.05, 0.1) is 17.7 Å². The summed E-state index contributed by atoms with van der Waals surface area (Å²) in [6.45, 7) is 2.40. The number of nitrogens with zero attached hydrogens (tertiary/aromatic N) is 1. The van der Waals surface area contributed by atoms with Gasteiger partial charge < -0.3 is 9.84 Å². The number of nitrogens with one attached hydrogen (secondary N) is 1. The SMILES string of the molecule is CCOCC(=O)Nc1ncc(C#CCCO)s1. The van der Waals surface area contributed by atoms with E-state index < -0.39 is 0 Å². The zero-order valence-electron chi connectivity index (χ0n) is 9.52. The van der Waals surface area contributed by atoms with E-state index in [1.54, 1.807) is 6.20 Å². The quantitative estimate of drug-likeness (QED) is 0.764. The predicted molar refractivity (Wildman–Crippen MR) is 65.8 cm³/mol. The molecule has 92 valence electrons. The first-order chi connectivity index (χ1) is 8.26. The van der Waals surface area contributed by atoms with Gasteiger partial charge in [-0.05, 0) is 6.92 Å². The zero-order valence-corrected chi connectivity index (χ0v) is 10.3. The molecule has 0 bridgehead atoms. The molecule has 6 heteroatoms. The number of rotatable bonds is 5. The van der Waals surface area contributed by atoms with E-state index in [-0.39, 0.29) is 19.1 Å². The van der Waals surface area contributed by atoms with E-state index in [0.29, 0.717) is 18.2 Å². The number of carbonyl (C=O) groups excluding carboxylic acids is 1. The van der Waals surface area contributed by atoms with Gasteiger partial charge in [0.2, 0.25) is 0 Å². The van der Waals surface area contributed by atoms with E-state index >= 15 is 0 Å². The summed E-state index contributed by atoms with van der Waals surface area (Å²) in [6, 6.07) is 0. The van der Waals surface area contributed by atoms with Gasteiger partial charge in [0.25, 0.3) is 5.91 Å². The summed E-state index contributed by atoms with van der Waals surface area (Å²) in [5, 5.41) is 11.7. The highest BCUT2D eigenvalue weighted by Gasteiger charge is 2.05. The van der Waals surface area contributed by atoms with Gasteiger partial charge in [-0.1, -0.05) is 23.2 Å². The molecule has 2 N–H and O–H groups in total. The fourth-order valence-corrected chi connectivity index (χ4v) is 1.65. The first-order valence-electron chi connectivity index (χ1n) is 5.19. The third kappa shape index (κ3) is 5.45. The Morgan fingerprint density at radius 1 is 1.71 bits per heavy atom. The second-order valence-corrected chi connectivity index (χ2v) is 4.02. The molecule has 1 aromatic heterocycles. The summed E-state index contributed by atoms with van der Waals surface area (Å²) in [7, 11) is 0. The fraction of sp³-hybridized carbons (Fsp3) is 0.455. The van der Waals surface area contributed by atoms with Crippen molar-refractivity contribution < 1.29 is 14.6 Å². The van der Waals surface area contributed by atoms with Crippen molar-refractivity contribution in [2.24, 2.45) is 0 Å². The van der Waals surface area contributed by atoms with Gasteiger partial charge in [0.1, 0.15) is 6.61 Å². The number of amides is 1. The van der Waals surface area contributed by atoms with E-state index in [0.717, 1.165) is 4.88 Å². The number of thiazole rings is 1. The van der Waals surface area contributed by atoms with Gasteiger partial charge >= 0.3 is 0 Å². The smallest absolute Gasteiger partial charge is 0.252 e. The Morgan fingerprint density at radius 3 is 3.24 bits per heavy atom. The highest BCUT2D eigenvalue weighted by molar-refractivity contribution is 7.16. The van der Waals surface area contributed by atoms with Crippen LogP contribution in [0.4, 0.5) is 5.13 Å². The first kappa shape index (κ1) is 13.6. The maximum atomic E-state index is 11.3. The molecular weight excluding hydrogens is 240 g/mol. The van der Waals surface area contributed by atoms with Crippen LogP contribution in [-0.2, 0) is 9.53 Å². The Balaban J connectivity index is 2.46. The van der Waals surface area contributed by atoms with Gasteiger partial charge in [0, 0.05) is 13.0 Å². The number of aliphatic hydroxyl groups is 1. The van der Waals surface area contributed by atoms with Crippen LogP contribution in [0.1, 0.15) is 18.2 Å². The lowest BCUT2D eigenvalue weighted by molar-refractivity contribution is -0.120. The molecule has 1 heterocycles. The molecular formula is C11H14N2O3S. The summed E-state index contributed by atoms with van der Waals surface area (Å²) in [5.74, 6) is 5.41. The van der Waals surface area contributed by atoms with Crippen LogP contribution >= 0.6 is 11.3 Å². The van der Waals surface area contributed by atoms with Crippen molar-refractivity contribution in [1.82, 2.24) is 4.98 Å². The van der Waals surface area contributed by atoms with Crippen LogP contribution in [0, 0.1) is 11.8 Å². The molecule has 0 saturated heterocycles. The predicted octanol–water partition coefficient (Wildman–Crippen LogP) is 0.852. The van der Waals surface area contributed by atoms with E-state index in [2.05, 4.69) is 22.1 Å². The number of ether oxygens (including phenoxy) is 1. The number of carbonyl (C=O) groups is 1. The van der Waals surface area contributed by atoms with Crippen molar-refractivity contribution >= 4 is 22.4 Å². The van der Waals surface area contributed by atoms with Crippen molar-refractivity contribution in [1.29, 1.82) is 0 Å². The normalized spacial score (nSPS) is 9.53. The molecule has 17 heavy (non-hydrogen) atoms. The van der Waals surface area contributed by atoms with Gasteiger partial charge in [-0.2, -0.15) is 0 Å². The molecule has 1 amide bonds. The average molecular weight is 254 g/mol. The van der Waals surface area contributed by atoms with Gasteiger partial charge in [0.15, 0.2) is 5.13 Å². The summed E-state index contributed by atoms with van der Waals surface area (Å²) in [6.07, 6.45) is 2.02. The van der Waals surface area contributed by atoms with Gasteiger partial charge in [-0.3, -0.25) is 10.1 Å². The van der Waals surface area contributed by atoms with Crippen LogP contribution in [-0.4, -0.2) is 35.8 Å². The Hall–Kier alpha value is -1.42. The molecule has 5 nitrogen and oxygen atoms in total. The molecule has 0 radical (unpaired) electrons. The number of hydrogen-bond donors (Lipinski definition) is 2. The van der Waals surface area contributed by atoms with Crippen LogP contribution in [0.5, 0.6) is 0 Å². The highest BCUT2D eigenvalue weighted by Crippen LogP contribution is 2.16. The lowest BCUT2D eigenvalue weighted by Crippen LogP contribution is -2.17. The van der Waals surface area contributed by atoms with E-state index in [4.69, 9.17) is 9.84 Å². The van der Waals surface area contributed by atoms with Crippen molar-refractivity contribution in [3.8, 4) is 11.8 Å². The van der Waals surface area contributed by atoms with E-state index in [1.807, 2.05) is 6.92 Å². The Kier molecular flexibility index (Phi) is 6.25. The monoisotopic (exact) mass is 254 g/mol. The second kappa shape index (κ2) is 7.79. The van der Waals surface area contributed by atoms with Crippen LogP contribution in [0.25, 0.3) is 0 Å². The number of aliphatic hydroxyl groups excluding tert-OH is 1. The van der Waals surface area contributed by atoms with Crippen LogP contribution in [0.3, 0.4) is 0 Å². The molecule has 0 aliphatic heterocycles. The molecule has 0 fully saturated rings. The first-order valence-corrected chi connectivity index (χ1v) is 6.01. The molecule has 0 atom stereocenters.